The topological polar surface area (TPSA) is 24.9 Å². The Morgan fingerprint density at radius 2 is 2.12 bits per heavy atom. The minimum absolute atomic E-state index is 0.606. The minimum Gasteiger partial charge on any atom is -0.314 e. The molecule has 3 heteroatoms. The predicted octanol–water partition coefficient (Wildman–Crippen LogP) is 3.27. The van der Waals surface area contributed by atoms with E-state index in [0.29, 0.717) is 6.04 Å². The molecule has 0 spiro atoms. The number of aromatic nitrogens is 1. The first-order valence-corrected chi connectivity index (χ1v) is 7.22. The monoisotopic (exact) mass is 240 g/mol. The summed E-state index contributed by atoms with van der Waals surface area (Å²) in [6.45, 7) is 10.0. The van der Waals surface area contributed by atoms with Crippen LogP contribution in [-0.2, 0) is 12.8 Å². The molecule has 0 fully saturated rings. The van der Waals surface area contributed by atoms with E-state index in [4.69, 9.17) is 0 Å². The van der Waals surface area contributed by atoms with Gasteiger partial charge in [-0.1, -0.05) is 27.2 Å². The van der Waals surface area contributed by atoms with Crippen LogP contribution in [0.1, 0.15) is 44.8 Å². The normalized spacial score (nSPS) is 15.0. The molecule has 0 aromatic carbocycles. The van der Waals surface area contributed by atoms with Gasteiger partial charge in [0, 0.05) is 24.4 Å². The van der Waals surface area contributed by atoms with Crippen LogP contribution in [0.15, 0.2) is 5.38 Å². The standard InChI is InChI=1S/C13H24N2S/c1-5-10(3)11(4)14-8-7-12-9-16-13(6-2)15-12/h9-11,14H,5-8H2,1-4H3. The van der Waals surface area contributed by atoms with Gasteiger partial charge in [-0.05, 0) is 19.3 Å². The van der Waals surface area contributed by atoms with E-state index in [1.807, 2.05) is 0 Å². The quantitative estimate of drug-likeness (QED) is 0.791. The van der Waals surface area contributed by atoms with E-state index in [2.05, 4.69) is 43.4 Å². The van der Waals surface area contributed by atoms with Gasteiger partial charge < -0.3 is 5.32 Å². The lowest BCUT2D eigenvalue weighted by molar-refractivity contribution is 0.392. The van der Waals surface area contributed by atoms with Gasteiger partial charge in [0.1, 0.15) is 0 Å². The molecular formula is C13H24N2S. The van der Waals surface area contributed by atoms with Crippen LogP contribution in [-0.4, -0.2) is 17.6 Å². The van der Waals surface area contributed by atoms with Crippen LogP contribution in [0.4, 0.5) is 0 Å². The molecule has 16 heavy (non-hydrogen) atoms. The third-order valence-electron chi connectivity index (χ3n) is 3.25. The van der Waals surface area contributed by atoms with Crippen molar-refractivity contribution < 1.29 is 0 Å². The summed E-state index contributed by atoms with van der Waals surface area (Å²) in [7, 11) is 0. The highest BCUT2D eigenvalue weighted by molar-refractivity contribution is 7.09. The molecule has 1 rings (SSSR count). The van der Waals surface area contributed by atoms with E-state index in [1.54, 1.807) is 11.3 Å². The number of hydrogen-bond donors (Lipinski definition) is 1. The smallest absolute Gasteiger partial charge is 0.0925 e. The largest absolute Gasteiger partial charge is 0.314 e. The zero-order chi connectivity index (χ0) is 12.0. The summed E-state index contributed by atoms with van der Waals surface area (Å²) >= 11 is 1.78. The van der Waals surface area contributed by atoms with Crippen LogP contribution in [0.5, 0.6) is 0 Å². The summed E-state index contributed by atoms with van der Waals surface area (Å²) in [6, 6.07) is 0.606. The Hall–Kier alpha value is -0.410. The number of nitrogens with one attached hydrogen (secondary N) is 1. The maximum atomic E-state index is 4.57. The Bertz CT molecular complexity index is 296. The zero-order valence-electron chi connectivity index (χ0n) is 10.9. The first kappa shape index (κ1) is 13.7. The van der Waals surface area contributed by atoms with Gasteiger partial charge in [0.15, 0.2) is 0 Å². The molecule has 0 aliphatic heterocycles. The first-order chi connectivity index (χ1) is 7.67. The minimum atomic E-state index is 0.606. The van der Waals surface area contributed by atoms with Gasteiger partial charge in [0.2, 0.25) is 0 Å². The molecule has 2 unspecified atom stereocenters. The van der Waals surface area contributed by atoms with E-state index in [1.165, 1.54) is 17.1 Å². The fourth-order valence-electron chi connectivity index (χ4n) is 1.61. The molecule has 0 bridgehead atoms. The number of nitrogens with zero attached hydrogens (tertiary/aromatic N) is 1. The third-order valence-corrected chi connectivity index (χ3v) is 4.29. The second kappa shape index (κ2) is 7.02. The molecule has 2 nitrogen and oxygen atoms in total. The summed E-state index contributed by atoms with van der Waals surface area (Å²) < 4.78 is 0. The average molecular weight is 240 g/mol. The van der Waals surface area contributed by atoms with Crippen LogP contribution in [0, 0.1) is 5.92 Å². The lowest BCUT2D eigenvalue weighted by Crippen LogP contribution is -2.33. The fraction of sp³-hybridized carbons (Fsp3) is 0.769. The molecule has 92 valence electrons. The summed E-state index contributed by atoms with van der Waals surface area (Å²) in [5.74, 6) is 0.752. The van der Waals surface area contributed by atoms with Crippen molar-refractivity contribution in [3.8, 4) is 0 Å². The molecule has 1 N–H and O–H groups in total. The van der Waals surface area contributed by atoms with Gasteiger partial charge in [-0.15, -0.1) is 11.3 Å². The Morgan fingerprint density at radius 3 is 2.69 bits per heavy atom. The van der Waals surface area contributed by atoms with Crippen molar-refractivity contribution >= 4 is 11.3 Å². The SMILES string of the molecule is CCc1nc(CCNC(C)C(C)CC)cs1. The lowest BCUT2D eigenvalue weighted by Gasteiger charge is -2.19. The number of thiazole rings is 1. The zero-order valence-corrected chi connectivity index (χ0v) is 11.7. The third kappa shape index (κ3) is 4.22. The van der Waals surface area contributed by atoms with Crippen molar-refractivity contribution in [3.05, 3.63) is 16.1 Å². The van der Waals surface area contributed by atoms with Crippen molar-refractivity contribution in [2.75, 3.05) is 6.54 Å². The molecular weight excluding hydrogens is 216 g/mol. The van der Waals surface area contributed by atoms with Gasteiger partial charge >= 0.3 is 0 Å². The Labute approximate surface area is 103 Å². The van der Waals surface area contributed by atoms with Crippen molar-refractivity contribution in [1.82, 2.24) is 10.3 Å². The van der Waals surface area contributed by atoms with Gasteiger partial charge in [-0.2, -0.15) is 0 Å². The highest BCUT2D eigenvalue weighted by Crippen LogP contribution is 2.11. The van der Waals surface area contributed by atoms with Crippen molar-refractivity contribution in [1.29, 1.82) is 0 Å². The van der Waals surface area contributed by atoms with Gasteiger partial charge in [-0.25, -0.2) is 4.98 Å². The fourth-order valence-corrected chi connectivity index (χ4v) is 2.39. The van der Waals surface area contributed by atoms with Gasteiger partial charge in [0.05, 0.1) is 10.7 Å². The first-order valence-electron chi connectivity index (χ1n) is 6.34. The molecule has 0 aliphatic rings. The number of hydrogen-bond acceptors (Lipinski definition) is 3. The highest BCUT2D eigenvalue weighted by Gasteiger charge is 2.09. The summed E-state index contributed by atoms with van der Waals surface area (Å²) in [5, 5.41) is 7.02. The Kier molecular flexibility index (Phi) is 5.99. The van der Waals surface area contributed by atoms with Crippen LogP contribution in [0.3, 0.4) is 0 Å². The second-order valence-corrected chi connectivity index (χ2v) is 5.41. The van der Waals surface area contributed by atoms with E-state index in [9.17, 15) is 0 Å². The molecule has 1 heterocycles. The van der Waals surface area contributed by atoms with Crippen LogP contribution in [0.25, 0.3) is 0 Å². The summed E-state index contributed by atoms with van der Waals surface area (Å²) in [5.41, 5.74) is 1.24. The van der Waals surface area contributed by atoms with Gasteiger partial charge in [0.25, 0.3) is 0 Å². The lowest BCUT2D eigenvalue weighted by atomic mass is 10.0. The van der Waals surface area contributed by atoms with Gasteiger partial charge in [-0.3, -0.25) is 0 Å². The molecule has 0 saturated carbocycles. The van der Waals surface area contributed by atoms with Crippen molar-refractivity contribution in [2.24, 2.45) is 5.92 Å². The van der Waals surface area contributed by atoms with Crippen LogP contribution >= 0.6 is 11.3 Å². The maximum Gasteiger partial charge on any atom is 0.0925 e. The summed E-state index contributed by atoms with van der Waals surface area (Å²) in [4.78, 5) is 4.57. The molecule has 1 aromatic rings. The second-order valence-electron chi connectivity index (χ2n) is 4.46. The van der Waals surface area contributed by atoms with Crippen LogP contribution in [0.2, 0.25) is 0 Å². The average Bonchev–Trinajstić information content (AvgIpc) is 2.75. The maximum absolute atomic E-state index is 4.57. The van der Waals surface area contributed by atoms with E-state index >= 15 is 0 Å². The van der Waals surface area contributed by atoms with Crippen LogP contribution < -0.4 is 5.32 Å². The number of rotatable bonds is 7. The Morgan fingerprint density at radius 1 is 1.38 bits per heavy atom. The molecule has 0 radical (unpaired) electrons. The summed E-state index contributed by atoms with van der Waals surface area (Å²) in [6.07, 6.45) is 3.35. The Balaban J connectivity index is 2.24. The van der Waals surface area contributed by atoms with E-state index in [0.717, 1.165) is 25.3 Å². The highest BCUT2D eigenvalue weighted by atomic mass is 32.1. The van der Waals surface area contributed by atoms with E-state index < -0.39 is 0 Å². The molecule has 0 amide bonds. The number of aryl methyl sites for hydroxylation is 1. The predicted molar refractivity (Wildman–Crippen MR) is 72.1 cm³/mol. The molecule has 0 saturated heterocycles. The molecule has 1 aromatic heterocycles. The molecule has 0 aliphatic carbocycles. The van der Waals surface area contributed by atoms with E-state index in [-0.39, 0.29) is 0 Å². The van der Waals surface area contributed by atoms with Crippen molar-refractivity contribution in [2.45, 2.75) is 53.0 Å². The molecule has 2 atom stereocenters. The van der Waals surface area contributed by atoms with Crippen molar-refractivity contribution in [3.63, 3.8) is 0 Å².